The van der Waals surface area contributed by atoms with Crippen LogP contribution in [-0.2, 0) is 15.6 Å². The number of hydrogen-bond donors (Lipinski definition) is 1. The standard InChI is InChI=1S/C10H20N2O2S/c1-8(15(3)14)4-6-12-7-5-9(11-2)10(12)13/h8-9,11H,4-7H2,1-3H3. The van der Waals surface area contributed by atoms with E-state index in [0.29, 0.717) is 0 Å². The van der Waals surface area contributed by atoms with Gasteiger partial charge in [0.25, 0.3) is 0 Å². The Bertz CT molecular complexity index is 258. The van der Waals surface area contributed by atoms with E-state index >= 15 is 0 Å². The van der Waals surface area contributed by atoms with Gasteiger partial charge in [-0.1, -0.05) is 6.92 Å². The van der Waals surface area contributed by atoms with E-state index < -0.39 is 10.8 Å². The minimum Gasteiger partial charge on any atom is -0.341 e. The second-order valence-electron chi connectivity index (χ2n) is 4.05. The lowest BCUT2D eigenvalue weighted by Crippen LogP contribution is -2.37. The Balaban J connectivity index is 2.35. The Labute approximate surface area is 93.9 Å². The quantitative estimate of drug-likeness (QED) is 0.724. The van der Waals surface area contributed by atoms with Crippen molar-refractivity contribution in [2.45, 2.75) is 31.1 Å². The van der Waals surface area contributed by atoms with Crippen LogP contribution in [0.4, 0.5) is 0 Å². The summed E-state index contributed by atoms with van der Waals surface area (Å²) in [5, 5.41) is 3.18. The second kappa shape index (κ2) is 5.61. The van der Waals surface area contributed by atoms with Crippen LogP contribution >= 0.6 is 0 Å². The summed E-state index contributed by atoms with van der Waals surface area (Å²) >= 11 is 0. The first-order valence-corrected chi connectivity index (χ1v) is 6.96. The summed E-state index contributed by atoms with van der Waals surface area (Å²) in [6.07, 6.45) is 3.43. The maximum Gasteiger partial charge on any atom is 0.239 e. The fraction of sp³-hybridized carbons (Fsp3) is 0.900. The molecule has 0 spiro atoms. The Kier molecular flexibility index (Phi) is 4.73. The fourth-order valence-corrected chi connectivity index (χ4v) is 2.17. The molecule has 0 aromatic heterocycles. The normalized spacial score (nSPS) is 25.7. The molecule has 3 unspecified atom stereocenters. The summed E-state index contributed by atoms with van der Waals surface area (Å²) in [5.74, 6) is 0.187. The average molecular weight is 232 g/mol. The molecular formula is C10H20N2O2S. The van der Waals surface area contributed by atoms with Gasteiger partial charge >= 0.3 is 0 Å². The van der Waals surface area contributed by atoms with Crippen molar-refractivity contribution in [3.8, 4) is 0 Å². The van der Waals surface area contributed by atoms with Crippen molar-refractivity contribution in [3.05, 3.63) is 0 Å². The second-order valence-corrected chi connectivity index (χ2v) is 5.86. The molecular weight excluding hydrogens is 212 g/mol. The van der Waals surface area contributed by atoms with Crippen LogP contribution in [0, 0.1) is 0 Å². The third-order valence-electron chi connectivity index (χ3n) is 3.02. The van der Waals surface area contributed by atoms with Crippen LogP contribution < -0.4 is 5.32 Å². The van der Waals surface area contributed by atoms with Gasteiger partial charge in [0.1, 0.15) is 0 Å². The largest absolute Gasteiger partial charge is 0.341 e. The van der Waals surface area contributed by atoms with Gasteiger partial charge in [0.05, 0.1) is 6.04 Å². The van der Waals surface area contributed by atoms with E-state index in [9.17, 15) is 9.00 Å². The van der Waals surface area contributed by atoms with Crippen molar-refractivity contribution in [1.29, 1.82) is 0 Å². The van der Waals surface area contributed by atoms with E-state index in [4.69, 9.17) is 0 Å². The SMILES string of the molecule is CNC1CCN(CCC(C)S(C)=O)C1=O. The van der Waals surface area contributed by atoms with Gasteiger partial charge in [-0.25, -0.2) is 0 Å². The summed E-state index contributed by atoms with van der Waals surface area (Å²) in [6.45, 7) is 3.53. The zero-order valence-electron chi connectivity index (χ0n) is 9.66. The van der Waals surface area contributed by atoms with E-state index in [1.54, 1.807) is 6.26 Å². The molecule has 0 saturated carbocycles. The monoisotopic (exact) mass is 232 g/mol. The first kappa shape index (κ1) is 12.6. The van der Waals surface area contributed by atoms with Crippen LogP contribution in [0.25, 0.3) is 0 Å². The average Bonchev–Trinajstić information content (AvgIpc) is 2.55. The molecule has 5 heteroatoms. The number of nitrogens with zero attached hydrogens (tertiary/aromatic N) is 1. The Morgan fingerprint density at radius 3 is 2.80 bits per heavy atom. The lowest BCUT2D eigenvalue weighted by molar-refractivity contribution is -0.129. The number of likely N-dealkylation sites (tertiary alicyclic amines) is 1. The maximum atomic E-state index is 11.7. The van der Waals surface area contributed by atoms with Gasteiger partial charge in [0.15, 0.2) is 0 Å². The molecule has 1 saturated heterocycles. The lowest BCUT2D eigenvalue weighted by atomic mass is 10.2. The molecule has 15 heavy (non-hydrogen) atoms. The van der Waals surface area contributed by atoms with Crippen molar-refractivity contribution >= 4 is 16.7 Å². The maximum absolute atomic E-state index is 11.7. The summed E-state index contributed by atoms with van der Waals surface area (Å²) in [7, 11) is 1.03. The van der Waals surface area contributed by atoms with Crippen molar-refractivity contribution in [1.82, 2.24) is 10.2 Å². The molecule has 1 N–H and O–H groups in total. The smallest absolute Gasteiger partial charge is 0.239 e. The van der Waals surface area contributed by atoms with E-state index in [1.807, 2.05) is 18.9 Å². The predicted octanol–water partition coefficient (Wildman–Crippen LogP) is -0.0362. The summed E-state index contributed by atoms with van der Waals surface area (Å²) in [4.78, 5) is 13.6. The molecule has 4 nitrogen and oxygen atoms in total. The molecule has 3 atom stereocenters. The van der Waals surface area contributed by atoms with Gasteiger partial charge in [-0.05, 0) is 19.9 Å². The Hall–Kier alpha value is -0.420. The first-order valence-electron chi connectivity index (χ1n) is 5.34. The highest BCUT2D eigenvalue weighted by Gasteiger charge is 2.29. The highest BCUT2D eigenvalue weighted by molar-refractivity contribution is 7.84. The lowest BCUT2D eigenvalue weighted by Gasteiger charge is -2.18. The molecule has 0 aliphatic carbocycles. The number of rotatable bonds is 5. The number of nitrogens with one attached hydrogen (secondary N) is 1. The first-order chi connectivity index (χ1) is 7.06. The Morgan fingerprint density at radius 1 is 1.67 bits per heavy atom. The summed E-state index contributed by atoms with van der Waals surface area (Å²) in [5.41, 5.74) is 0. The van der Waals surface area contributed by atoms with E-state index in [0.717, 1.165) is 25.9 Å². The van der Waals surface area contributed by atoms with Gasteiger partial charge < -0.3 is 10.2 Å². The van der Waals surface area contributed by atoms with Crippen molar-refractivity contribution < 1.29 is 9.00 Å². The molecule has 0 radical (unpaired) electrons. The van der Waals surface area contributed by atoms with Crippen molar-refractivity contribution in [2.24, 2.45) is 0 Å². The fourth-order valence-electron chi connectivity index (χ4n) is 1.73. The van der Waals surface area contributed by atoms with Crippen molar-refractivity contribution in [3.63, 3.8) is 0 Å². The molecule has 1 heterocycles. The topological polar surface area (TPSA) is 49.4 Å². The summed E-state index contributed by atoms with van der Waals surface area (Å²) < 4.78 is 11.1. The molecule has 1 aliphatic heterocycles. The zero-order chi connectivity index (χ0) is 11.4. The van der Waals surface area contributed by atoms with Gasteiger partial charge in [0.2, 0.25) is 5.91 Å². The third-order valence-corrected chi connectivity index (χ3v) is 4.39. The molecule has 1 amide bonds. The number of carbonyl (C=O) groups is 1. The van der Waals surface area contributed by atoms with Crippen LogP contribution in [0.5, 0.6) is 0 Å². The molecule has 0 bridgehead atoms. The van der Waals surface area contributed by atoms with E-state index in [2.05, 4.69) is 5.32 Å². The van der Waals surface area contributed by atoms with Gasteiger partial charge in [0, 0.05) is 35.4 Å². The number of likely N-dealkylation sites (N-methyl/N-ethyl adjacent to an activating group) is 1. The number of carbonyl (C=O) groups excluding carboxylic acids is 1. The van der Waals surface area contributed by atoms with Gasteiger partial charge in [-0.2, -0.15) is 0 Å². The highest BCUT2D eigenvalue weighted by atomic mass is 32.2. The molecule has 0 aromatic carbocycles. The minimum atomic E-state index is -0.786. The van der Waals surface area contributed by atoms with Crippen LogP contribution in [0.1, 0.15) is 19.8 Å². The van der Waals surface area contributed by atoms with E-state index in [-0.39, 0.29) is 17.2 Å². The minimum absolute atomic E-state index is 0.00701. The third kappa shape index (κ3) is 3.28. The van der Waals surface area contributed by atoms with Crippen LogP contribution in [0.15, 0.2) is 0 Å². The molecule has 1 rings (SSSR count). The van der Waals surface area contributed by atoms with Crippen LogP contribution in [0.2, 0.25) is 0 Å². The van der Waals surface area contributed by atoms with E-state index in [1.165, 1.54) is 0 Å². The Morgan fingerprint density at radius 2 is 2.33 bits per heavy atom. The van der Waals surface area contributed by atoms with Crippen LogP contribution in [0.3, 0.4) is 0 Å². The molecule has 1 aliphatic rings. The number of hydrogen-bond acceptors (Lipinski definition) is 3. The molecule has 0 aromatic rings. The highest BCUT2D eigenvalue weighted by Crippen LogP contribution is 2.12. The van der Waals surface area contributed by atoms with Crippen LogP contribution in [-0.4, -0.2) is 52.7 Å². The van der Waals surface area contributed by atoms with Gasteiger partial charge in [-0.3, -0.25) is 9.00 Å². The molecule has 1 fully saturated rings. The number of amides is 1. The van der Waals surface area contributed by atoms with Gasteiger partial charge in [-0.15, -0.1) is 0 Å². The predicted molar refractivity (Wildman–Crippen MR) is 62.2 cm³/mol. The zero-order valence-corrected chi connectivity index (χ0v) is 10.5. The summed E-state index contributed by atoms with van der Waals surface area (Å²) in [6, 6.07) is -0.00701. The van der Waals surface area contributed by atoms with Crippen molar-refractivity contribution in [2.75, 3.05) is 26.4 Å². The molecule has 88 valence electrons.